The largest absolute Gasteiger partial charge is 0.379 e. The molecule has 0 unspecified atom stereocenters. The summed E-state index contributed by atoms with van der Waals surface area (Å²) in [6.45, 7) is 4.13. The van der Waals surface area contributed by atoms with Crippen molar-refractivity contribution in [3.05, 3.63) is 77.2 Å². The van der Waals surface area contributed by atoms with Crippen LogP contribution < -0.4 is 0 Å². The number of rotatable bonds is 8. The van der Waals surface area contributed by atoms with Crippen molar-refractivity contribution in [3.8, 4) is 0 Å². The first kappa shape index (κ1) is 18.3. The number of nitrogens with zero attached hydrogens (tertiary/aromatic N) is 1. The maximum Gasteiger partial charge on any atom is 0.379 e. The third-order valence-corrected chi connectivity index (χ3v) is 5.12. The molecule has 0 bridgehead atoms. The lowest BCUT2D eigenvalue weighted by molar-refractivity contribution is 0.226. The van der Waals surface area contributed by atoms with Crippen LogP contribution in [0.5, 0.6) is 0 Å². The van der Waals surface area contributed by atoms with Gasteiger partial charge >= 0.3 is 7.60 Å². The fraction of sp³-hybridized carbons (Fsp3) is 0.211. The summed E-state index contributed by atoms with van der Waals surface area (Å²) in [4.78, 5) is 4.42. The Morgan fingerprint density at radius 3 is 1.92 bits per heavy atom. The normalized spacial score (nSPS) is 12.7. The second-order valence-electron chi connectivity index (χ2n) is 4.92. The molecule has 126 valence electrons. The molecule has 0 aromatic heterocycles. The van der Waals surface area contributed by atoms with Crippen molar-refractivity contribution in [2.75, 3.05) is 13.2 Å². The minimum Gasteiger partial charge on any atom is -0.304 e. The molecule has 0 saturated carbocycles. The average Bonchev–Trinajstić information content (AvgIpc) is 2.61. The molecule has 0 saturated heterocycles. The van der Waals surface area contributed by atoms with E-state index in [1.54, 1.807) is 26.1 Å². The SMILES string of the molecule is CCOP(=O)(OCC)C(=C\c1ccccc1)/N=C/c1ccccc1. The lowest BCUT2D eigenvalue weighted by atomic mass is 10.2. The number of hydrogen-bond acceptors (Lipinski definition) is 4. The molecule has 0 aliphatic rings. The molecule has 2 aromatic carbocycles. The van der Waals surface area contributed by atoms with Crippen molar-refractivity contribution < 1.29 is 13.6 Å². The summed E-state index contributed by atoms with van der Waals surface area (Å²) < 4.78 is 24.0. The highest BCUT2D eigenvalue weighted by molar-refractivity contribution is 7.58. The Morgan fingerprint density at radius 1 is 0.917 bits per heavy atom. The summed E-state index contributed by atoms with van der Waals surface area (Å²) in [5.74, 6) is 0. The minimum absolute atomic E-state index is 0.282. The van der Waals surface area contributed by atoms with Gasteiger partial charge in [0.2, 0.25) is 0 Å². The van der Waals surface area contributed by atoms with E-state index in [1.165, 1.54) is 0 Å². The monoisotopic (exact) mass is 343 g/mol. The van der Waals surface area contributed by atoms with Crippen LogP contribution in [-0.2, 0) is 13.6 Å². The summed E-state index contributed by atoms with van der Waals surface area (Å²) in [6, 6.07) is 19.2. The van der Waals surface area contributed by atoms with Gasteiger partial charge in [-0.15, -0.1) is 0 Å². The molecule has 0 N–H and O–H groups in total. The highest BCUT2D eigenvalue weighted by Gasteiger charge is 2.29. The molecule has 0 fully saturated rings. The first-order valence-corrected chi connectivity index (χ1v) is 9.47. The molecule has 4 nitrogen and oxygen atoms in total. The second-order valence-corrected chi connectivity index (χ2v) is 6.88. The van der Waals surface area contributed by atoms with Crippen LogP contribution in [0.25, 0.3) is 6.08 Å². The van der Waals surface area contributed by atoms with E-state index in [2.05, 4.69) is 4.99 Å². The molecule has 0 atom stereocenters. The Hall–Kier alpha value is -2.00. The maximum absolute atomic E-state index is 13.1. The van der Waals surface area contributed by atoms with Crippen LogP contribution >= 0.6 is 7.60 Å². The number of benzene rings is 2. The maximum atomic E-state index is 13.1. The molecular formula is C19H22NO3P. The summed E-state index contributed by atoms with van der Waals surface area (Å²) >= 11 is 0. The van der Waals surface area contributed by atoms with Crippen molar-refractivity contribution in [2.24, 2.45) is 4.99 Å². The molecule has 0 heterocycles. The van der Waals surface area contributed by atoms with E-state index in [9.17, 15) is 4.57 Å². The fourth-order valence-corrected chi connectivity index (χ4v) is 3.60. The lowest BCUT2D eigenvalue weighted by Crippen LogP contribution is -1.98. The van der Waals surface area contributed by atoms with Gasteiger partial charge in [-0.25, -0.2) is 4.99 Å². The first-order chi connectivity index (χ1) is 11.7. The first-order valence-electron chi connectivity index (χ1n) is 7.93. The molecule has 2 rings (SSSR count). The van der Waals surface area contributed by atoms with E-state index in [4.69, 9.17) is 9.05 Å². The van der Waals surface area contributed by atoms with Crippen LogP contribution in [0.2, 0.25) is 0 Å². The number of hydrogen-bond donors (Lipinski definition) is 0. The lowest BCUT2D eigenvalue weighted by Gasteiger charge is -2.17. The number of aliphatic imine (C=N–C) groups is 1. The van der Waals surface area contributed by atoms with Crippen molar-refractivity contribution in [1.29, 1.82) is 0 Å². The van der Waals surface area contributed by atoms with E-state index < -0.39 is 7.60 Å². The standard InChI is InChI=1S/C19H22NO3P/c1-3-22-24(21,23-4-2)19(15-17-11-7-5-8-12-17)20-16-18-13-9-6-10-14-18/h5-16H,3-4H2,1-2H3/b19-15-,20-16+. The summed E-state index contributed by atoms with van der Waals surface area (Å²) in [7, 11) is -3.47. The Labute approximate surface area is 143 Å². The molecule has 0 radical (unpaired) electrons. The predicted octanol–water partition coefficient (Wildman–Crippen LogP) is 5.37. The topological polar surface area (TPSA) is 47.9 Å². The van der Waals surface area contributed by atoms with Gasteiger partial charge in [0.25, 0.3) is 0 Å². The van der Waals surface area contributed by atoms with Gasteiger partial charge in [-0.2, -0.15) is 0 Å². The Balaban J connectivity index is 2.42. The van der Waals surface area contributed by atoms with Crippen molar-refractivity contribution >= 4 is 19.9 Å². The Bertz CT molecular complexity index is 717. The van der Waals surface area contributed by atoms with Gasteiger partial charge < -0.3 is 9.05 Å². The molecule has 0 aliphatic heterocycles. The zero-order valence-corrected chi connectivity index (χ0v) is 14.9. The van der Waals surface area contributed by atoms with Gasteiger partial charge in [0, 0.05) is 6.21 Å². The Morgan fingerprint density at radius 2 is 1.42 bits per heavy atom. The highest BCUT2D eigenvalue weighted by Crippen LogP contribution is 2.57. The van der Waals surface area contributed by atoms with Gasteiger partial charge in [-0.1, -0.05) is 60.7 Å². The van der Waals surface area contributed by atoms with Crippen molar-refractivity contribution in [1.82, 2.24) is 0 Å². The van der Waals surface area contributed by atoms with Crippen LogP contribution in [0, 0.1) is 0 Å². The second kappa shape index (κ2) is 9.33. The van der Waals surface area contributed by atoms with E-state index in [0.29, 0.717) is 5.44 Å². The smallest absolute Gasteiger partial charge is 0.304 e. The molecule has 24 heavy (non-hydrogen) atoms. The van der Waals surface area contributed by atoms with E-state index in [-0.39, 0.29) is 13.2 Å². The molecular weight excluding hydrogens is 321 g/mol. The molecule has 5 heteroatoms. The van der Waals surface area contributed by atoms with E-state index in [0.717, 1.165) is 11.1 Å². The van der Waals surface area contributed by atoms with Crippen molar-refractivity contribution in [3.63, 3.8) is 0 Å². The van der Waals surface area contributed by atoms with E-state index >= 15 is 0 Å². The third-order valence-electron chi connectivity index (χ3n) is 3.12. The zero-order chi connectivity index (χ0) is 17.3. The quantitative estimate of drug-likeness (QED) is 0.478. The summed E-state index contributed by atoms with van der Waals surface area (Å²) in [5.41, 5.74) is 2.09. The summed E-state index contributed by atoms with van der Waals surface area (Å²) in [6.07, 6.45) is 3.41. The zero-order valence-electron chi connectivity index (χ0n) is 14.0. The fourth-order valence-electron chi connectivity index (χ4n) is 2.07. The Kier molecular flexibility index (Phi) is 7.13. The predicted molar refractivity (Wildman–Crippen MR) is 99.3 cm³/mol. The van der Waals surface area contributed by atoms with Crippen LogP contribution in [0.1, 0.15) is 25.0 Å². The van der Waals surface area contributed by atoms with Gasteiger partial charge in [0.05, 0.1) is 13.2 Å². The van der Waals surface area contributed by atoms with Crippen LogP contribution in [-0.4, -0.2) is 19.4 Å². The van der Waals surface area contributed by atoms with Crippen molar-refractivity contribution in [2.45, 2.75) is 13.8 Å². The van der Waals surface area contributed by atoms with Crippen LogP contribution in [0.4, 0.5) is 0 Å². The van der Waals surface area contributed by atoms with Gasteiger partial charge in [-0.3, -0.25) is 4.57 Å². The van der Waals surface area contributed by atoms with Gasteiger partial charge in [-0.05, 0) is 31.1 Å². The molecule has 0 spiro atoms. The molecule has 0 aliphatic carbocycles. The third kappa shape index (κ3) is 5.27. The minimum atomic E-state index is -3.47. The summed E-state index contributed by atoms with van der Waals surface area (Å²) in [5, 5.41) is 0. The van der Waals surface area contributed by atoms with Crippen LogP contribution in [0.3, 0.4) is 0 Å². The van der Waals surface area contributed by atoms with Gasteiger partial charge in [0.15, 0.2) is 5.44 Å². The van der Waals surface area contributed by atoms with E-state index in [1.807, 2.05) is 60.7 Å². The van der Waals surface area contributed by atoms with Crippen LogP contribution in [0.15, 0.2) is 71.1 Å². The molecule has 2 aromatic rings. The highest BCUT2D eigenvalue weighted by atomic mass is 31.2. The average molecular weight is 343 g/mol. The van der Waals surface area contributed by atoms with Gasteiger partial charge in [0.1, 0.15) is 0 Å². The molecule has 0 amide bonds.